The van der Waals surface area contributed by atoms with Gasteiger partial charge in [-0.05, 0) is 50.3 Å². The number of hydrogen-bond donors (Lipinski definition) is 3. The molecular weight excluding hydrogens is 432 g/mol. The summed E-state index contributed by atoms with van der Waals surface area (Å²) in [5, 5.41) is 17.0. The summed E-state index contributed by atoms with van der Waals surface area (Å²) < 4.78 is 13.5. The van der Waals surface area contributed by atoms with Gasteiger partial charge in [0.1, 0.15) is 5.82 Å². The van der Waals surface area contributed by atoms with Crippen molar-refractivity contribution in [3.8, 4) is 0 Å². The second kappa shape index (κ2) is 9.71. The van der Waals surface area contributed by atoms with E-state index in [1.54, 1.807) is 12.1 Å². The molecule has 0 bridgehead atoms. The maximum atomic E-state index is 13.5. The molecule has 4 nitrogen and oxygen atoms in total. The van der Waals surface area contributed by atoms with E-state index in [2.05, 4.69) is 15.6 Å². The third-order valence-corrected chi connectivity index (χ3v) is 5.08. The van der Waals surface area contributed by atoms with Crippen LogP contribution in [0.4, 0.5) is 4.39 Å². The van der Waals surface area contributed by atoms with Crippen molar-refractivity contribution in [3.05, 3.63) is 35.6 Å². The zero-order valence-electron chi connectivity index (χ0n) is 15.4. The van der Waals surface area contributed by atoms with Crippen molar-refractivity contribution in [2.45, 2.75) is 57.5 Å². The molecule has 1 aliphatic rings. The molecule has 0 aromatic heterocycles. The van der Waals surface area contributed by atoms with Gasteiger partial charge < -0.3 is 15.7 Å². The minimum Gasteiger partial charge on any atom is -0.388 e. The molecular formula is C19H31FIN3O. The number of rotatable bonds is 8. The Morgan fingerprint density at radius 3 is 2.44 bits per heavy atom. The number of aliphatic hydroxyl groups is 1. The van der Waals surface area contributed by atoms with Gasteiger partial charge in [-0.15, -0.1) is 24.0 Å². The Bertz CT molecular complexity index is 572. The molecule has 1 aromatic carbocycles. The molecule has 0 amide bonds. The van der Waals surface area contributed by atoms with E-state index >= 15 is 0 Å². The lowest BCUT2D eigenvalue weighted by Crippen LogP contribution is -2.42. The van der Waals surface area contributed by atoms with Gasteiger partial charge in [0.05, 0.1) is 12.1 Å². The van der Waals surface area contributed by atoms with Crippen molar-refractivity contribution < 1.29 is 9.50 Å². The van der Waals surface area contributed by atoms with Gasteiger partial charge >= 0.3 is 0 Å². The first-order chi connectivity index (χ1) is 11.5. The Morgan fingerprint density at radius 1 is 1.24 bits per heavy atom. The molecule has 3 N–H and O–H groups in total. The van der Waals surface area contributed by atoms with E-state index < -0.39 is 5.60 Å². The molecule has 1 fully saturated rings. The Morgan fingerprint density at radius 2 is 1.92 bits per heavy atom. The van der Waals surface area contributed by atoms with E-state index in [1.165, 1.54) is 6.07 Å². The maximum Gasteiger partial charge on any atom is 0.191 e. The summed E-state index contributed by atoms with van der Waals surface area (Å²) >= 11 is 0. The summed E-state index contributed by atoms with van der Waals surface area (Å²) in [6.07, 6.45) is 3.46. The van der Waals surface area contributed by atoms with E-state index in [0.717, 1.165) is 31.5 Å². The van der Waals surface area contributed by atoms with Crippen molar-refractivity contribution in [2.75, 3.05) is 19.6 Å². The largest absolute Gasteiger partial charge is 0.388 e. The van der Waals surface area contributed by atoms with Crippen LogP contribution >= 0.6 is 24.0 Å². The summed E-state index contributed by atoms with van der Waals surface area (Å²) in [7, 11) is 0. The molecule has 0 spiro atoms. The van der Waals surface area contributed by atoms with Gasteiger partial charge in [-0.25, -0.2) is 4.39 Å². The van der Waals surface area contributed by atoms with Crippen molar-refractivity contribution in [1.82, 2.24) is 10.6 Å². The number of nitrogens with one attached hydrogen (secondary N) is 2. The van der Waals surface area contributed by atoms with Crippen LogP contribution < -0.4 is 10.6 Å². The van der Waals surface area contributed by atoms with Gasteiger partial charge in [-0.1, -0.05) is 26.0 Å². The zero-order chi connectivity index (χ0) is 17.6. The zero-order valence-corrected chi connectivity index (χ0v) is 17.8. The van der Waals surface area contributed by atoms with E-state index in [4.69, 9.17) is 0 Å². The Kier molecular flexibility index (Phi) is 8.60. The average molecular weight is 463 g/mol. The van der Waals surface area contributed by atoms with Crippen molar-refractivity contribution in [2.24, 2.45) is 4.99 Å². The van der Waals surface area contributed by atoms with E-state index in [0.29, 0.717) is 25.3 Å². The highest BCUT2D eigenvalue weighted by Gasteiger charge is 2.44. The average Bonchev–Trinajstić information content (AvgIpc) is 3.38. The third-order valence-electron chi connectivity index (χ3n) is 5.08. The van der Waals surface area contributed by atoms with Crippen LogP contribution in [0.15, 0.2) is 29.3 Å². The molecule has 1 aliphatic carbocycles. The minimum absolute atomic E-state index is 0. The lowest BCUT2D eigenvalue weighted by molar-refractivity contribution is 0.0418. The van der Waals surface area contributed by atoms with Crippen LogP contribution in [0.2, 0.25) is 0 Å². The first-order valence-electron chi connectivity index (χ1n) is 8.97. The summed E-state index contributed by atoms with van der Waals surface area (Å²) in [5.74, 6) is 0.524. The molecule has 0 aliphatic heterocycles. The first-order valence-corrected chi connectivity index (χ1v) is 8.97. The fraction of sp³-hybridized carbons (Fsp3) is 0.632. The van der Waals surface area contributed by atoms with Gasteiger partial charge in [0.2, 0.25) is 0 Å². The Balaban J connectivity index is 0.00000312. The number of guanidine groups is 1. The Labute approximate surface area is 167 Å². The summed E-state index contributed by atoms with van der Waals surface area (Å²) in [5.41, 5.74) is 0.302. The standard InChI is InChI=1S/C19H30FN3O.HI/c1-4-19(24,5-2)14-23-17(21-6-3)22-13-18(10-11-18)15-8-7-9-16(20)12-15;/h7-9,12,24H,4-6,10-11,13-14H2,1-3H3,(H2,21,22,23);1H. The number of hydrogen-bond acceptors (Lipinski definition) is 2. The molecule has 142 valence electrons. The lowest BCUT2D eigenvalue weighted by Gasteiger charge is -2.24. The third kappa shape index (κ3) is 6.09. The van der Waals surface area contributed by atoms with Crippen LogP contribution in [0.1, 0.15) is 52.0 Å². The highest BCUT2D eigenvalue weighted by molar-refractivity contribution is 14.0. The van der Waals surface area contributed by atoms with Crippen LogP contribution in [0, 0.1) is 5.82 Å². The van der Waals surface area contributed by atoms with E-state index in [-0.39, 0.29) is 35.2 Å². The molecule has 1 saturated carbocycles. The van der Waals surface area contributed by atoms with E-state index in [1.807, 2.05) is 26.8 Å². The van der Waals surface area contributed by atoms with Crippen molar-refractivity contribution in [3.63, 3.8) is 0 Å². The second-order valence-corrected chi connectivity index (χ2v) is 6.77. The van der Waals surface area contributed by atoms with Gasteiger partial charge in [-0.2, -0.15) is 0 Å². The van der Waals surface area contributed by atoms with Crippen LogP contribution in [0.3, 0.4) is 0 Å². The second-order valence-electron chi connectivity index (χ2n) is 6.77. The maximum absolute atomic E-state index is 13.5. The summed E-state index contributed by atoms with van der Waals surface area (Å²) in [6.45, 7) is 7.82. The molecule has 0 atom stereocenters. The van der Waals surface area contributed by atoms with Crippen molar-refractivity contribution in [1.29, 1.82) is 0 Å². The highest BCUT2D eigenvalue weighted by atomic mass is 127. The Hall–Kier alpha value is -0.890. The molecule has 0 heterocycles. The van der Waals surface area contributed by atoms with Crippen LogP contribution in [-0.4, -0.2) is 36.3 Å². The number of benzene rings is 1. The predicted molar refractivity (Wildman–Crippen MR) is 112 cm³/mol. The van der Waals surface area contributed by atoms with Crippen LogP contribution in [-0.2, 0) is 5.41 Å². The topological polar surface area (TPSA) is 56.7 Å². The molecule has 0 unspecified atom stereocenters. The van der Waals surface area contributed by atoms with Gasteiger partial charge in [-0.3, -0.25) is 4.99 Å². The summed E-state index contributed by atoms with van der Waals surface area (Å²) in [6, 6.07) is 6.88. The molecule has 0 saturated heterocycles. The molecule has 0 radical (unpaired) electrons. The van der Waals surface area contributed by atoms with Gasteiger partial charge in [0, 0.05) is 18.5 Å². The normalized spacial score (nSPS) is 16.1. The van der Waals surface area contributed by atoms with Gasteiger partial charge in [0.25, 0.3) is 0 Å². The number of aliphatic imine (C=N–C) groups is 1. The fourth-order valence-corrected chi connectivity index (χ4v) is 2.83. The number of halogens is 2. The minimum atomic E-state index is -0.748. The molecule has 25 heavy (non-hydrogen) atoms. The van der Waals surface area contributed by atoms with Gasteiger partial charge in [0.15, 0.2) is 5.96 Å². The fourth-order valence-electron chi connectivity index (χ4n) is 2.83. The SMILES string of the molecule is CCNC(=NCC(O)(CC)CC)NCC1(c2cccc(F)c2)CC1.I. The lowest BCUT2D eigenvalue weighted by atomic mass is 9.96. The summed E-state index contributed by atoms with van der Waals surface area (Å²) in [4.78, 5) is 4.54. The van der Waals surface area contributed by atoms with Crippen LogP contribution in [0.25, 0.3) is 0 Å². The monoisotopic (exact) mass is 463 g/mol. The predicted octanol–water partition coefficient (Wildman–Crippen LogP) is 3.58. The highest BCUT2D eigenvalue weighted by Crippen LogP contribution is 2.47. The quantitative estimate of drug-likeness (QED) is 0.314. The molecule has 6 heteroatoms. The molecule has 2 rings (SSSR count). The smallest absolute Gasteiger partial charge is 0.191 e. The first kappa shape index (κ1) is 22.2. The van der Waals surface area contributed by atoms with E-state index in [9.17, 15) is 9.50 Å². The van der Waals surface area contributed by atoms with Crippen LogP contribution in [0.5, 0.6) is 0 Å². The van der Waals surface area contributed by atoms with Crippen molar-refractivity contribution >= 4 is 29.9 Å². The molecule has 1 aromatic rings. The number of nitrogens with zero attached hydrogens (tertiary/aromatic N) is 1.